The highest BCUT2D eigenvalue weighted by Crippen LogP contribution is 2.50. The molecule has 0 fully saturated rings. The fourth-order valence-corrected chi connectivity index (χ4v) is 9.02. The number of nitrogens with one attached hydrogen (secondary N) is 2. The Kier molecular flexibility index (Phi) is 9.22. The van der Waals surface area contributed by atoms with Gasteiger partial charge in [-0.15, -0.1) is 0 Å². The third-order valence-corrected chi connectivity index (χ3v) is 12.3. The number of allylic oxidation sites excluding steroid dienone is 1. The number of rotatable bonds is 8. The highest BCUT2D eigenvalue weighted by atomic mass is 15.1. The molecule has 3 heteroatoms. The molecule has 0 spiro atoms. The van der Waals surface area contributed by atoms with Crippen molar-refractivity contribution in [3.63, 3.8) is 0 Å². The van der Waals surface area contributed by atoms with Crippen molar-refractivity contribution in [3.05, 3.63) is 239 Å². The molecule has 0 saturated carbocycles. The van der Waals surface area contributed by atoms with E-state index in [1.54, 1.807) is 0 Å². The van der Waals surface area contributed by atoms with Crippen molar-refractivity contribution in [3.8, 4) is 33.4 Å². The average Bonchev–Trinajstić information content (AvgIpc) is 3.54. The summed E-state index contributed by atoms with van der Waals surface area (Å²) in [6.07, 6.45) is 2.19. The number of fused-ring (bicyclic) bond motifs is 4. The Morgan fingerprint density at radius 3 is 1.77 bits per heavy atom. The number of benzene rings is 8. The van der Waals surface area contributed by atoms with E-state index in [2.05, 4.69) is 224 Å². The van der Waals surface area contributed by atoms with Crippen molar-refractivity contribution < 1.29 is 0 Å². The Morgan fingerprint density at radius 1 is 0.467 bits per heavy atom. The Balaban J connectivity index is 0.995. The van der Waals surface area contributed by atoms with Crippen molar-refractivity contribution in [1.29, 1.82) is 5.41 Å². The Labute approximate surface area is 353 Å². The summed E-state index contributed by atoms with van der Waals surface area (Å²) in [7, 11) is 0. The summed E-state index contributed by atoms with van der Waals surface area (Å²) >= 11 is 0. The van der Waals surface area contributed by atoms with Crippen molar-refractivity contribution in [1.82, 2.24) is 5.32 Å². The predicted molar refractivity (Wildman–Crippen MR) is 253 cm³/mol. The summed E-state index contributed by atoms with van der Waals surface area (Å²) in [5, 5.41) is 13.1. The van der Waals surface area contributed by atoms with Crippen LogP contribution >= 0.6 is 0 Å². The van der Waals surface area contributed by atoms with E-state index in [0.717, 1.165) is 67.4 Å². The highest BCUT2D eigenvalue weighted by Gasteiger charge is 2.35. The minimum absolute atomic E-state index is 0.117. The van der Waals surface area contributed by atoms with Gasteiger partial charge in [0.2, 0.25) is 0 Å². The first-order valence-electron chi connectivity index (χ1n) is 20.7. The van der Waals surface area contributed by atoms with Crippen LogP contribution in [0.25, 0.3) is 50.9 Å². The van der Waals surface area contributed by atoms with E-state index in [9.17, 15) is 5.41 Å². The van der Waals surface area contributed by atoms with Crippen LogP contribution < -0.4 is 10.2 Å². The van der Waals surface area contributed by atoms with Crippen LogP contribution in [0.5, 0.6) is 0 Å². The van der Waals surface area contributed by atoms with E-state index >= 15 is 0 Å². The summed E-state index contributed by atoms with van der Waals surface area (Å²) in [5.41, 5.74) is 20.7. The standard InChI is InChI=1S/C57H45N3/c1-38(56-49-22-11-10-19-45(49)36-54(59-56)42-17-8-5-9-18-42)55(58)43-27-25-41(26-28-43)44-20-14-21-47(35-44)60(46-31-29-40(30-32-46)39-15-6-4-7-16-39)48-33-34-51-50-23-12-13-24-52(50)57(2,3)53(51)37-48/h4-37,58-59H,1-3H3/b56-38-,58-55?. The van der Waals surface area contributed by atoms with Gasteiger partial charge in [0.25, 0.3) is 0 Å². The maximum atomic E-state index is 9.41. The maximum absolute atomic E-state index is 9.41. The first-order valence-corrected chi connectivity index (χ1v) is 20.7. The van der Waals surface area contributed by atoms with Crippen molar-refractivity contribution in [2.75, 3.05) is 4.90 Å². The third-order valence-electron chi connectivity index (χ3n) is 12.3. The summed E-state index contributed by atoms with van der Waals surface area (Å²) in [6.45, 7) is 6.73. The number of hydrogen-bond donors (Lipinski definition) is 2. The van der Waals surface area contributed by atoms with Crippen molar-refractivity contribution >= 4 is 40.2 Å². The minimum atomic E-state index is -0.117. The molecule has 2 N–H and O–H groups in total. The molecule has 60 heavy (non-hydrogen) atoms. The van der Waals surface area contributed by atoms with Gasteiger partial charge in [-0.05, 0) is 116 Å². The van der Waals surface area contributed by atoms with Gasteiger partial charge in [0.1, 0.15) is 0 Å². The molecule has 0 amide bonds. The van der Waals surface area contributed by atoms with Gasteiger partial charge in [-0.25, -0.2) is 0 Å². The molecule has 8 aromatic carbocycles. The zero-order valence-electron chi connectivity index (χ0n) is 34.1. The van der Waals surface area contributed by atoms with Gasteiger partial charge >= 0.3 is 0 Å². The van der Waals surface area contributed by atoms with Crippen LogP contribution in [0.15, 0.2) is 206 Å². The topological polar surface area (TPSA) is 39.1 Å². The number of hydrogen-bond acceptors (Lipinski definition) is 3. The zero-order chi connectivity index (χ0) is 40.8. The largest absolute Gasteiger partial charge is 0.354 e. The molecule has 288 valence electrons. The van der Waals surface area contributed by atoms with Crippen LogP contribution in [0.3, 0.4) is 0 Å². The maximum Gasteiger partial charge on any atom is 0.0662 e. The van der Waals surface area contributed by atoms with Crippen LogP contribution in [0, 0.1) is 5.41 Å². The second-order valence-corrected chi connectivity index (χ2v) is 16.3. The van der Waals surface area contributed by atoms with Gasteiger partial charge in [0.15, 0.2) is 0 Å². The fourth-order valence-electron chi connectivity index (χ4n) is 9.02. The highest BCUT2D eigenvalue weighted by molar-refractivity contribution is 6.15. The van der Waals surface area contributed by atoms with E-state index in [4.69, 9.17) is 0 Å². The van der Waals surface area contributed by atoms with Crippen LogP contribution in [0.1, 0.15) is 54.2 Å². The molecule has 2 aliphatic rings. The molecule has 0 unspecified atom stereocenters. The van der Waals surface area contributed by atoms with E-state index in [-0.39, 0.29) is 5.41 Å². The van der Waals surface area contributed by atoms with Gasteiger partial charge in [-0.3, -0.25) is 5.41 Å². The van der Waals surface area contributed by atoms with Crippen LogP contribution in [0.2, 0.25) is 0 Å². The van der Waals surface area contributed by atoms with Gasteiger partial charge in [-0.2, -0.15) is 0 Å². The Morgan fingerprint density at radius 2 is 1.02 bits per heavy atom. The fraction of sp³-hybridized carbons (Fsp3) is 0.0702. The Bertz CT molecular complexity index is 2970. The monoisotopic (exact) mass is 771 g/mol. The van der Waals surface area contributed by atoms with Gasteiger partial charge < -0.3 is 10.2 Å². The quantitative estimate of drug-likeness (QED) is 0.151. The first-order chi connectivity index (χ1) is 29.3. The number of nitrogens with zero attached hydrogens (tertiary/aromatic N) is 1. The van der Waals surface area contributed by atoms with Crippen LogP contribution in [-0.2, 0) is 5.41 Å². The van der Waals surface area contributed by atoms with Crippen molar-refractivity contribution in [2.45, 2.75) is 26.2 Å². The molecule has 1 heterocycles. The first kappa shape index (κ1) is 36.8. The lowest BCUT2D eigenvalue weighted by molar-refractivity contribution is 0.660. The molecule has 0 aromatic heterocycles. The van der Waals surface area contributed by atoms with Gasteiger partial charge in [0, 0.05) is 33.7 Å². The van der Waals surface area contributed by atoms with Gasteiger partial charge in [0.05, 0.1) is 11.4 Å². The predicted octanol–water partition coefficient (Wildman–Crippen LogP) is 14.7. The van der Waals surface area contributed by atoms with Crippen LogP contribution in [0.4, 0.5) is 17.1 Å². The smallest absolute Gasteiger partial charge is 0.0662 e. The lowest BCUT2D eigenvalue weighted by Gasteiger charge is -2.28. The number of anilines is 3. The second kappa shape index (κ2) is 15.0. The third kappa shape index (κ3) is 6.55. The lowest BCUT2D eigenvalue weighted by Crippen LogP contribution is -2.19. The van der Waals surface area contributed by atoms with Crippen LogP contribution in [-0.4, -0.2) is 5.71 Å². The molecule has 1 aliphatic heterocycles. The summed E-state index contributed by atoms with van der Waals surface area (Å²) in [6, 6.07) is 71.3. The van der Waals surface area contributed by atoms with E-state index in [0.29, 0.717) is 5.71 Å². The summed E-state index contributed by atoms with van der Waals surface area (Å²) in [4.78, 5) is 2.38. The molecule has 8 aromatic rings. The minimum Gasteiger partial charge on any atom is -0.354 e. The van der Waals surface area contributed by atoms with Crippen molar-refractivity contribution in [2.24, 2.45) is 0 Å². The molecular formula is C57H45N3. The summed E-state index contributed by atoms with van der Waals surface area (Å²) < 4.78 is 0. The van der Waals surface area contributed by atoms with E-state index in [1.165, 1.54) is 33.4 Å². The molecule has 0 radical (unpaired) electrons. The SMILES string of the molecule is C/C(C(=N)c1ccc(-c2cccc(N(c3ccc(-c4ccccc4)cc3)c3ccc4c(c3)C(C)(C)c3ccccc3-4)c2)cc1)=C1/NC(c2ccccc2)=Cc2ccccc21. The Hall–Kier alpha value is -7.49. The molecule has 10 rings (SSSR count). The molecule has 3 nitrogen and oxygen atoms in total. The molecule has 0 saturated heterocycles. The second-order valence-electron chi connectivity index (χ2n) is 16.3. The van der Waals surface area contributed by atoms with Gasteiger partial charge in [-0.1, -0.05) is 178 Å². The molecule has 0 atom stereocenters. The normalized spacial score (nSPS) is 14.2. The average molecular weight is 772 g/mol. The summed E-state index contributed by atoms with van der Waals surface area (Å²) in [5.74, 6) is 0. The van der Waals surface area contributed by atoms with E-state index in [1.807, 2.05) is 13.0 Å². The molecule has 1 aliphatic carbocycles. The molecular weight excluding hydrogens is 727 g/mol. The molecule has 0 bridgehead atoms. The lowest BCUT2D eigenvalue weighted by atomic mass is 9.82. The zero-order valence-corrected chi connectivity index (χ0v) is 34.1. The van der Waals surface area contributed by atoms with E-state index < -0.39 is 0 Å².